The highest BCUT2D eigenvalue weighted by atomic mass is 16.5. The minimum atomic E-state index is 0.180. The van der Waals surface area contributed by atoms with E-state index in [9.17, 15) is 5.11 Å². The molecule has 19 heavy (non-hydrogen) atoms. The number of rotatable bonds is 5. The van der Waals surface area contributed by atoms with Crippen molar-refractivity contribution < 1.29 is 19.3 Å². The maximum atomic E-state index is 9.36. The Labute approximate surface area is 112 Å². The molecule has 0 spiro atoms. The second-order valence-corrected chi connectivity index (χ2v) is 3.96. The Balaban J connectivity index is 2.11. The number of hydrogen-bond acceptors (Lipinski definition) is 4. The smallest absolute Gasteiger partial charge is 0.129 e. The van der Waals surface area contributed by atoms with Gasteiger partial charge in [-0.3, -0.25) is 0 Å². The number of benzene rings is 2. The summed E-state index contributed by atoms with van der Waals surface area (Å²) in [5.74, 6) is 2.23. The summed E-state index contributed by atoms with van der Waals surface area (Å²) in [6.45, 7) is 0.358. The highest BCUT2D eigenvalue weighted by Crippen LogP contribution is 2.26. The van der Waals surface area contributed by atoms with Crippen LogP contribution in [0.3, 0.4) is 0 Å². The molecule has 0 saturated carbocycles. The molecule has 0 aromatic heterocycles. The number of aromatic hydroxyl groups is 1. The van der Waals surface area contributed by atoms with Crippen molar-refractivity contribution in [1.82, 2.24) is 0 Å². The predicted molar refractivity (Wildman–Crippen MR) is 72.0 cm³/mol. The summed E-state index contributed by atoms with van der Waals surface area (Å²) in [6.07, 6.45) is 0. The molecule has 4 nitrogen and oxygen atoms in total. The molecule has 0 amide bonds. The molecule has 0 aliphatic rings. The summed E-state index contributed by atoms with van der Waals surface area (Å²) >= 11 is 0. The van der Waals surface area contributed by atoms with Gasteiger partial charge >= 0.3 is 0 Å². The highest BCUT2D eigenvalue weighted by Gasteiger charge is 2.06. The molecule has 2 aromatic carbocycles. The second-order valence-electron chi connectivity index (χ2n) is 3.96. The molecule has 2 aromatic rings. The number of ether oxygens (including phenoxy) is 3. The van der Waals surface area contributed by atoms with Gasteiger partial charge in [0.1, 0.15) is 29.6 Å². The Hall–Kier alpha value is -2.36. The van der Waals surface area contributed by atoms with Gasteiger partial charge in [-0.15, -0.1) is 0 Å². The summed E-state index contributed by atoms with van der Waals surface area (Å²) in [5, 5.41) is 9.36. The van der Waals surface area contributed by atoms with Crippen LogP contribution in [0.1, 0.15) is 5.56 Å². The molecule has 4 heteroatoms. The monoisotopic (exact) mass is 260 g/mol. The lowest BCUT2D eigenvalue weighted by atomic mass is 10.2. The standard InChI is InChI=1S/C15H16O4/c1-17-13-7-6-11(15(9-13)18-2)10-19-14-5-3-4-12(16)8-14/h3-9,16H,10H2,1-2H3. The van der Waals surface area contributed by atoms with E-state index in [-0.39, 0.29) is 5.75 Å². The zero-order chi connectivity index (χ0) is 13.7. The summed E-state index contributed by atoms with van der Waals surface area (Å²) in [6, 6.07) is 12.2. The molecule has 100 valence electrons. The molecule has 0 unspecified atom stereocenters. The fourth-order valence-electron chi connectivity index (χ4n) is 1.71. The zero-order valence-corrected chi connectivity index (χ0v) is 10.9. The quantitative estimate of drug-likeness (QED) is 0.897. The minimum absolute atomic E-state index is 0.180. The van der Waals surface area contributed by atoms with Crippen molar-refractivity contribution in [3.05, 3.63) is 48.0 Å². The molecule has 0 aliphatic heterocycles. The molecule has 0 radical (unpaired) electrons. The van der Waals surface area contributed by atoms with Crippen LogP contribution in [0.4, 0.5) is 0 Å². The van der Waals surface area contributed by atoms with Gasteiger partial charge in [0.05, 0.1) is 14.2 Å². The lowest BCUT2D eigenvalue weighted by molar-refractivity contribution is 0.294. The average molecular weight is 260 g/mol. The van der Waals surface area contributed by atoms with E-state index in [1.54, 1.807) is 44.6 Å². The summed E-state index contributed by atoms with van der Waals surface area (Å²) in [7, 11) is 3.21. The minimum Gasteiger partial charge on any atom is -0.508 e. The van der Waals surface area contributed by atoms with Crippen LogP contribution >= 0.6 is 0 Å². The van der Waals surface area contributed by atoms with Crippen LogP contribution in [0.2, 0.25) is 0 Å². The largest absolute Gasteiger partial charge is 0.508 e. The molecule has 0 heterocycles. The van der Waals surface area contributed by atoms with Gasteiger partial charge in [-0.05, 0) is 24.3 Å². The Morgan fingerprint density at radius 2 is 1.79 bits per heavy atom. The normalized spacial score (nSPS) is 10.0. The third-order valence-electron chi connectivity index (χ3n) is 2.71. The van der Waals surface area contributed by atoms with E-state index in [4.69, 9.17) is 14.2 Å². The maximum absolute atomic E-state index is 9.36. The van der Waals surface area contributed by atoms with Crippen LogP contribution in [-0.4, -0.2) is 19.3 Å². The SMILES string of the molecule is COc1ccc(COc2cccc(O)c2)c(OC)c1. The van der Waals surface area contributed by atoms with Gasteiger partial charge < -0.3 is 19.3 Å². The van der Waals surface area contributed by atoms with Gasteiger partial charge in [0, 0.05) is 17.7 Å². The zero-order valence-electron chi connectivity index (χ0n) is 10.9. The van der Waals surface area contributed by atoms with Crippen molar-refractivity contribution in [2.24, 2.45) is 0 Å². The molecule has 0 atom stereocenters. The first-order valence-corrected chi connectivity index (χ1v) is 5.85. The van der Waals surface area contributed by atoms with Gasteiger partial charge in [0.15, 0.2) is 0 Å². The van der Waals surface area contributed by atoms with E-state index in [0.717, 1.165) is 11.3 Å². The molecule has 0 bridgehead atoms. The van der Waals surface area contributed by atoms with Crippen molar-refractivity contribution in [1.29, 1.82) is 0 Å². The molecular weight excluding hydrogens is 244 g/mol. The van der Waals surface area contributed by atoms with E-state index in [1.807, 2.05) is 12.1 Å². The number of hydrogen-bond donors (Lipinski definition) is 1. The van der Waals surface area contributed by atoms with E-state index in [0.29, 0.717) is 18.1 Å². The first kappa shape index (κ1) is 13.1. The van der Waals surface area contributed by atoms with Crippen LogP contribution in [0, 0.1) is 0 Å². The van der Waals surface area contributed by atoms with Crippen molar-refractivity contribution in [2.45, 2.75) is 6.61 Å². The third-order valence-corrected chi connectivity index (χ3v) is 2.71. The van der Waals surface area contributed by atoms with E-state index in [2.05, 4.69) is 0 Å². The molecule has 2 rings (SSSR count). The van der Waals surface area contributed by atoms with Crippen LogP contribution in [0.5, 0.6) is 23.0 Å². The number of methoxy groups -OCH3 is 2. The number of phenols is 1. The fraction of sp³-hybridized carbons (Fsp3) is 0.200. The Morgan fingerprint density at radius 1 is 0.947 bits per heavy atom. The predicted octanol–water partition coefficient (Wildman–Crippen LogP) is 2.99. The molecule has 1 N–H and O–H groups in total. The second kappa shape index (κ2) is 6.00. The van der Waals surface area contributed by atoms with Gasteiger partial charge in [-0.25, -0.2) is 0 Å². The van der Waals surface area contributed by atoms with Crippen LogP contribution < -0.4 is 14.2 Å². The van der Waals surface area contributed by atoms with Crippen LogP contribution in [0.25, 0.3) is 0 Å². The molecular formula is C15H16O4. The fourth-order valence-corrected chi connectivity index (χ4v) is 1.71. The molecule has 0 fully saturated rings. The first-order valence-electron chi connectivity index (χ1n) is 5.85. The van der Waals surface area contributed by atoms with Gasteiger partial charge in [-0.1, -0.05) is 6.07 Å². The van der Waals surface area contributed by atoms with Gasteiger partial charge in [0.25, 0.3) is 0 Å². The van der Waals surface area contributed by atoms with E-state index >= 15 is 0 Å². The highest BCUT2D eigenvalue weighted by molar-refractivity contribution is 5.41. The average Bonchev–Trinajstić information content (AvgIpc) is 2.45. The van der Waals surface area contributed by atoms with Crippen molar-refractivity contribution >= 4 is 0 Å². The topological polar surface area (TPSA) is 47.9 Å². The van der Waals surface area contributed by atoms with Crippen molar-refractivity contribution in [2.75, 3.05) is 14.2 Å². The van der Waals surface area contributed by atoms with E-state index < -0.39 is 0 Å². The summed E-state index contributed by atoms with van der Waals surface area (Å²) < 4.78 is 16.0. The Morgan fingerprint density at radius 3 is 2.47 bits per heavy atom. The summed E-state index contributed by atoms with van der Waals surface area (Å²) in [4.78, 5) is 0. The third kappa shape index (κ3) is 3.31. The van der Waals surface area contributed by atoms with Crippen LogP contribution in [-0.2, 0) is 6.61 Å². The Bertz CT molecular complexity index is 552. The van der Waals surface area contributed by atoms with Crippen molar-refractivity contribution in [3.8, 4) is 23.0 Å². The molecule has 0 aliphatic carbocycles. The first-order chi connectivity index (χ1) is 9.22. The summed E-state index contributed by atoms with van der Waals surface area (Å²) in [5.41, 5.74) is 0.909. The van der Waals surface area contributed by atoms with Crippen LogP contribution in [0.15, 0.2) is 42.5 Å². The molecule has 0 saturated heterocycles. The Kier molecular flexibility index (Phi) is 4.13. The lowest BCUT2D eigenvalue weighted by Gasteiger charge is -2.11. The maximum Gasteiger partial charge on any atom is 0.129 e. The number of phenolic OH excluding ortho intramolecular Hbond substituents is 1. The lowest BCUT2D eigenvalue weighted by Crippen LogP contribution is -1.99. The van der Waals surface area contributed by atoms with Gasteiger partial charge in [-0.2, -0.15) is 0 Å². The van der Waals surface area contributed by atoms with Crippen molar-refractivity contribution in [3.63, 3.8) is 0 Å². The van der Waals surface area contributed by atoms with E-state index in [1.165, 1.54) is 0 Å². The van der Waals surface area contributed by atoms with Gasteiger partial charge in [0.2, 0.25) is 0 Å².